The van der Waals surface area contributed by atoms with Crippen LogP contribution in [0, 0.1) is 11.3 Å². The molecule has 0 spiro atoms. The Morgan fingerprint density at radius 3 is 2.70 bits per heavy atom. The number of carbonyl (C=O) groups excluding carboxylic acids is 1. The van der Waals surface area contributed by atoms with Crippen LogP contribution in [0.1, 0.15) is 66.2 Å². The van der Waals surface area contributed by atoms with E-state index in [1.165, 1.54) is 11.1 Å². The number of nitriles is 1. The number of amides is 1. The molecule has 1 aliphatic heterocycles. The monoisotopic (exact) mass is 405 g/mol. The number of methoxy groups -OCH3 is 1. The second-order valence-corrected chi connectivity index (χ2v) is 8.98. The molecule has 30 heavy (non-hydrogen) atoms. The van der Waals surface area contributed by atoms with Crippen LogP contribution in [0.15, 0.2) is 36.4 Å². The molecule has 0 saturated heterocycles. The molecule has 5 nitrogen and oxygen atoms in total. The molecular formula is C25H31N3O2. The third-order valence-corrected chi connectivity index (χ3v) is 5.77. The van der Waals surface area contributed by atoms with Crippen LogP contribution in [-0.4, -0.2) is 37.6 Å². The van der Waals surface area contributed by atoms with Crippen molar-refractivity contribution in [2.75, 3.05) is 32.1 Å². The molecule has 0 radical (unpaired) electrons. The van der Waals surface area contributed by atoms with Gasteiger partial charge in [0.2, 0.25) is 0 Å². The van der Waals surface area contributed by atoms with E-state index in [4.69, 9.17) is 4.74 Å². The molecule has 0 aromatic heterocycles. The Bertz CT molecular complexity index is 973. The van der Waals surface area contributed by atoms with Gasteiger partial charge in [-0.2, -0.15) is 5.26 Å². The van der Waals surface area contributed by atoms with Crippen molar-refractivity contribution in [2.24, 2.45) is 0 Å². The fraction of sp³-hybridized carbons (Fsp3) is 0.440. The summed E-state index contributed by atoms with van der Waals surface area (Å²) in [4.78, 5) is 15.2. The third kappa shape index (κ3) is 4.72. The Kier molecular flexibility index (Phi) is 6.60. The van der Waals surface area contributed by atoms with Gasteiger partial charge in [-0.05, 0) is 46.9 Å². The molecule has 1 heterocycles. The summed E-state index contributed by atoms with van der Waals surface area (Å²) in [5.41, 5.74) is 5.37. The molecule has 0 bridgehead atoms. The Balaban J connectivity index is 1.82. The SMILES string of the molecule is COCCN1Cc2cc(NC(=O)c3ccc(C(C)C)c(C#N)c3)ccc2C(C)(C)C1. The normalized spacial score (nSPS) is 15.5. The van der Waals surface area contributed by atoms with E-state index >= 15 is 0 Å². The molecular weight excluding hydrogens is 374 g/mol. The van der Waals surface area contributed by atoms with Gasteiger partial charge in [0, 0.05) is 43.4 Å². The second-order valence-electron chi connectivity index (χ2n) is 8.98. The number of rotatable bonds is 6. The number of benzene rings is 2. The zero-order valence-electron chi connectivity index (χ0n) is 18.6. The predicted octanol–water partition coefficient (Wildman–Crippen LogP) is 4.67. The lowest BCUT2D eigenvalue weighted by atomic mass is 9.78. The number of nitrogens with zero attached hydrogens (tertiary/aromatic N) is 2. The zero-order valence-corrected chi connectivity index (χ0v) is 18.6. The molecule has 5 heteroatoms. The van der Waals surface area contributed by atoms with Crippen LogP contribution in [0.5, 0.6) is 0 Å². The second kappa shape index (κ2) is 8.99. The molecule has 3 rings (SSSR count). The van der Waals surface area contributed by atoms with Crippen molar-refractivity contribution in [3.05, 3.63) is 64.2 Å². The number of ether oxygens (including phenoxy) is 1. The summed E-state index contributed by atoms with van der Waals surface area (Å²) in [6, 6.07) is 13.7. The van der Waals surface area contributed by atoms with Crippen molar-refractivity contribution >= 4 is 11.6 Å². The van der Waals surface area contributed by atoms with E-state index < -0.39 is 0 Å². The topological polar surface area (TPSA) is 65.4 Å². The van der Waals surface area contributed by atoms with E-state index in [9.17, 15) is 10.1 Å². The quantitative estimate of drug-likeness (QED) is 0.758. The maximum absolute atomic E-state index is 12.8. The molecule has 1 amide bonds. The zero-order chi connectivity index (χ0) is 21.9. The van der Waals surface area contributed by atoms with Crippen molar-refractivity contribution in [1.82, 2.24) is 4.90 Å². The molecule has 1 N–H and O–H groups in total. The first-order valence-electron chi connectivity index (χ1n) is 10.4. The number of fused-ring (bicyclic) bond motifs is 1. The summed E-state index contributed by atoms with van der Waals surface area (Å²) in [6.07, 6.45) is 0. The van der Waals surface area contributed by atoms with E-state index in [-0.39, 0.29) is 17.2 Å². The minimum atomic E-state index is -0.201. The lowest BCUT2D eigenvalue weighted by Crippen LogP contribution is -2.43. The minimum absolute atomic E-state index is 0.0399. The summed E-state index contributed by atoms with van der Waals surface area (Å²) < 4.78 is 5.25. The molecule has 158 valence electrons. The van der Waals surface area contributed by atoms with Crippen LogP contribution in [0.4, 0.5) is 5.69 Å². The standard InChI is InChI=1S/C25H31N3O2/c1-17(2)22-8-6-18(12-19(22)14-26)24(29)27-21-7-9-23-20(13-21)15-28(10-11-30-5)16-25(23,3)4/h6-9,12-13,17H,10-11,15-16H2,1-5H3,(H,27,29). The van der Waals surface area contributed by atoms with E-state index in [1.807, 2.05) is 26.0 Å². The molecule has 0 aliphatic carbocycles. The molecule has 0 saturated carbocycles. The Hall–Kier alpha value is -2.68. The van der Waals surface area contributed by atoms with Crippen LogP contribution in [0.25, 0.3) is 0 Å². The van der Waals surface area contributed by atoms with Gasteiger partial charge in [-0.1, -0.05) is 39.8 Å². The number of anilines is 1. The van der Waals surface area contributed by atoms with Gasteiger partial charge in [-0.25, -0.2) is 0 Å². The van der Waals surface area contributed by atoms with Crippen LogP contribution in [0.3, 0.4) is 0 Å². The average Bonchev–Trinajstić information content (AvgIpc) is 2.70. The number of nitrogens with one attached hydrogen (secondary N) is 1. The van der Waals surface area contributed by atoms with Gasteiger partial charge in [0.25, 0.3) is 5.91 Å². The first-order valence-corrected chi connectivity index (χ1v) is 10.4. The lowest BCUT2D eigenvalue weighted by molar-refractivity contribution is 0.102. The van der Waals surface area contributed by atoms with Crippen molar-refractivity contribution in [3.8, 4) is 6.07 Å². The Morgan fingerprint density at radius 2 is 2.03 bits per heavy atom. The Morgan fingerprint density at radius 1 is 1.27 bits per heavy atom. The maximum atomic E-state index is 12.8. The van der Waals surface area contributed by atoms with Crippen molar-refractivity contribution < 1.29 is 9.53 Å². The van der Waals surface area contributed by atoms with Crippen LogP contribution in [0.2, 0.25) is 0 Å². The fourth-order valence-corrected chi connectivity index (χ4v) is 4.28. The first kappa shape index (κ1) is 22.0. The highest BCUT2D eigenvalue weighted by molar-refractivity contribution is 6.04. The number of carbonyl (C=O) groups is 1. The van der Waals surface area contributed by atoms with Gasteiger partial charge in [0.05, 0.1) is 18.2 Å². The highest BCUT2D eigenvalue weighted by Crippen LogP contribution is 2.34. The van der Waals surface area contributed by atoms with Crippen LogP contribution < -0.4 is 5.32 Å². The van der Waals surface area contributed by atoms with Crippen molar-refractivity contribution in [2.45, 2.75) is 45.6 Å². The smallest absolute Gasteiger partial charge is 0.255 e. The summed E-state index contributed by atoms with van der Waals surface area (Å²) in [5.74, 6) is 0.0369. The van der Waals surface area contributed by atoms with E-state index in [0.717, 1.165) is 30.9 Å². The Labute approximate surface area is 179 Å². The molecule has 1 aliphatic rings. The molecule has 2 aromatic carbocycles. The summed E-state index contributed by atoms with van der Waals surface area (Å²) >= 11 is 0. The van der Waals surface area contributed by atoms with Gasteiger partial charge in [-0.15, -0.1) is 0 Å². The van der Waals surface area contributed by atoms with Crippen molar-refractivity contribution in [3.63, 3.8) is 0 Å². The maximum Gasteiger partial charge on any atom is 0.255 e. The number of hydrogen-bond acceptors (Lipinski definition) is 4. The van der Waals surface area contributed by atoms with Gasteiger partial charge in [0.1, 0.15) is 0 Å². The van der Waals surface area contributed by atoms with Gasteiger partial charge >= 0.3 is 0 Å². The minimum Gasteiger partial charge on any atom is -0.383 e. The molecule has 2 aromatic rings. The predicted molar refractivity (Wildman–Crippen MR) is 120 cm³/mol. The molecule has 0 fully saturated rings. The van der Waals surface area contributed by atoms with E-state index in [0.29, 0.717) is 17.7 Å². The summed E-state index contributed by atoms with van der Waals surface area (Å²) in [5, 5.41) is 12.4. The van der Waals surface area contributed by atoms with Gasteiger partial charge in [-0.3, -0.25) is 9.69 Å². The van der Waals surface area contributed by atoms with Crippen molar-refractivity contribution in [1.29, 1.82) is 5.26 Å². The lowest BCUT2D eigenvalue weighted by Gasteiger charge is -2.40. The largest absolute Gasteiger partial charge is 0.383 e. The number of hydrogen-bond donors (Lipinski definition) is 1. The van der Waals surface area contributed by atoms with Gasteiger partial charge < -0.3 is 10.1 Å². The molecule has 0 unspecified atom stereocenters. The highest BCUT2D eigenvalue weighted by Gasteiger charge is 2.31. The van der Waals surface area contributed by atoms with Crippen LogP contribution >= 0.6 is 0 Å². The average molecular weight is 406 g/mol. The molecule has 0 atom stereocenters. The van der Waals surface area contributed by atoms with Crippen LogP contribution in [-0.2, 0) is 16.7 Å². The highest BCUT2D eigenvalue weighted by atomic mass is 16.5. The van der Waals surface area contributed by atoms with Gasteiger partial charge in [0.15, 0.2) is 0 Å². The van der Waals surface area contributed by atoms with E-state index in [2.05, 4.69) is 42.3 Å². The summed E-state index contributed by atoms with van der Waals surface area (Å²) in [7, 11) is 1.72. The third-order valence-electron chi connectivity index (χ3n) is 5.77. The summed E-state index contributed by atoms with van der Waals surface area (Å²) in [6.45, 7) is 12.0. The fourth-order valence-electron chi connectivity index (χ4n) is 4.28. The first-order chi connectivity index (χ1) is 14.2. The van der Waals surface area contributed by atoms with E-state index in [1.54, 1.807) is 19.2 Å².